The molecule has 5 nitrogen and oxygen atoms in total. The van der Waals surface area contributed by atoms with Gasteiger partial charge in [-0.2, -0.15) is 0 Å². The maximum atomic E-state index is 11.5. The number of hydrogen-bond acceptors (Lipinski definition) is 3. The Morgan fingerprint density at radius 2 is 1.88 bits per heavy atom. The molecule has 5 heteroatoms. The second kappa shape index (κ2) is 7.27. The third kappa shape index (κ3) is 8.68. The van der Waals surface area contributed by atoms with Gasteiger partial charge in [-0.05, 0) is 18.3 Å². The molecule has 0 aromatic heterocycles. The molecule has 100 valence electrons. The number of amides is 1. The minimum atomic E-state index is -0.800. The molecule has 0 rings (SSSR count). The Hall–Kier alpha value is -1.10. The zero-order valence-corrected chi connectivity index (χ0v) is 11.0. The summed E-state index contributed by atoms with van der Waals surface area (Å²) in [5, 5.41) is 11.2. The van der Waals surface area contributed by atoms with E-state index in [1.165, 1.54) is 0 Å². The molecule has 0 bridgehead atoms. The van der Waals surface area contributed by atoms with Crippen LogP contribution in [0, 0.1) is 5.41 Å². The van der Waals surface area contributed by atoms with Crippen molar-refractivity contribution in [1.29, 1.82) is 0 Å². The molecule has 0 aromatic carbocycles. The molecule has 0 saturated heterocycles. The number of carboxylic acid groups (broad SMARTS) is 1. The van der Waals surface area contributed by atoms with Gasteiger partial charge in [0.15, 0.2) is 0 Å². The highest BCUT2D eigenvalue weighted by Crippen LogP contribution is 2.19. The van der Waals surface area contributed by atoms with Crippen LogP contribution in [0.25, 0.3) is 0 Å². The van der Waals surface area contributed by atoms with Crippen molar-refractivity contribution in [2.24, 2.45) is 11.1 Å². The van der Waals surface area contributed by atoms with Crippen LogP contribution in [0.3, 0.4) is 0 Å². The molecule has 17 heavy (non-hydrogen) atoms. The van der Waals surface area contributed by atoms with Crippen molar-refractivity contribution in [3.8, 4) is 0 Å². The molecular weight excluding hydrogens is 220 g/mol. The predicted molar refractivity (Wildman–Crippen MR) is 66.5 cm³/mol. The van der Waals surface area contributed by atoms with Crippen LogP contribution in [0.15, 0.2) is 0 Å². The van der Waals surface area contributed by atoms with E-state index < -0.39 is 5.97 Å². The van der Waals surface area contributed by atoms with E-state index in [9.17, 15) is 9.59 Å². The van der Waals surface area contributed by atoms with Gasteiger partial charge in [0.1, 0.15) is 0 Å². The maximum absolute atomic E-state index is 11.5. The number of carbonyl (C=O) groups excluding carboxylic acids is 1. The standard InChI is InChI=1S/C12H24N2O3/c1-12(2,3)9(13)8-10(15)14-7-5-4-6-11(16)17/h9H,4-8,13H2,1-3H3,(H,14,15)(H,16,17). The molecular formula is C12H24N2O3. The number of carboxylic acids is 1. The zero-order chi connectivity index (χ0) is 13.5. The lowest BCUT2D eigenvalue weighted by Gasteiger charge is -2.26. The Morgan fingerprint density at radius 1 is 1.29 bits per heavy atom. The summed E-state index contributed by atoms with van der Waals surface area (Å²) in [5.74, 6) is -0.867. The summed E-state index contributed by atoms with van der Waals surface area (Å²) in [6.07, 6.45) is 1.73. The summed E-state index contributed by atoms with van der Waals surface area (Å²) < 4.78 is 0. The number of unbranched alkanes of at least 4 members (excludes halogenated alkanes) is 1. The van der Waals surface area contributed by atoms with Crippen molar-refractivity contribution in [1.82, 2.24) is 5.32 Å². The van der Waals surface area contributed by atoms with E-state index >= 15 is 0 Å². The summed E-state index contributed by atoms with van der Waals surface area (Å²) >= 11 is 0. The molecule has 0 aliphatic carbocycles. The Morgan fingerprint density at radius 3 is 2.35 bits per heavy atom. The summed E-state index contributed by atoms with van der Waals surface area (Å²) in [6, 6.07) is -0.165. The topological polar surface area (TPSA) is 92.4 Å². The van der Waals surface area contributed by atoms with Crippen molar-refractivity contribution in [3.63, 3.8) is 0 Å². The van der Waals surface area contributed by atoms with Crippen LogP contribution in [0.1, 0.15) is 46.5 Å². The smallest absolute Gasteiger partial charge is 0.303 e. The molecule has 1 atom stereocenters. The van der Waals surface area contributed by atoms with Gasteiger partial charge >= 0.3 is 5.97 Å². The highest BCUT2D eigenvalue weighted by molar-refractivity contribution is 5.76. The van der Waals surface area contributed by atoms with Gasteiger partial charge in [0.05, 0.1) is 0 Å². The Balaban J connectivity index is 3.64. The number of aliphatic carboxylic acids is 1. The summed E-state index contributed by atoms with van der Waals surface area (Å²) in [6.45, 7) is 6.51. The molecule has 0 fully saturated rings. The molecule has 0 spiro atoms. The maximum Gasteiger partial charge on any atom is 0.303 e. The monoisotopic (exact) mass is 244 g/mol. The summed E-state index contributed by atoms with van der Waals surface area (Å²) in [4.78, 5) is 21.7. The van der Waals surface area contributed by atoms with Crippen molar-refractivity contribution >= 4 is 11.9 Å². The number of hydrogen-bond donors (Lipinski definition) is 3. The number of rotatable bonds is 7. The predicted octanol–water partition coefficient (Wildman–Crippen LogP) is 1.12. The van der Waals surface area contributed by atoms with Gasteiger partial charge in [-0.25, -0.2) is 0 Å². The lowest BCUT2D eigenvalue weighted by Crippen LogP contribution is -2.40. The molecule has 0 aliphatic heterocycles. The van der Waals surface area contributed by atoms with Gasteiger partial charge in [0, 0.05) is 25.4 Å². The average molecular weight is 244 g/mol. The first-order valence-electron chi connectivity index (χ1n) is 5.97. The first-order valence-corrected chi connectivity index (χ1v) is 5.97. The van der Waals surface area contributed by atoms with Crippen LogP contribution < -0.4 is 11.1 Å². The second-order valence-corrected chi connectivity index (χ2v) is 5.38. The molecule has 4 N–H and O–H groups in total. The summed E-state index contributed by atoms with van der Waals surface area (Å²) in [7, 11) is 0. The molecule has 0 aliphatic rings. The molecule has 1 amide bonds. The lowest BCUT2D eigenvalue weighted by molar-refractivity contribution is -0.137. The zero-order valence-electron chi connectivity index (χ0n) is 11.0. The fraction of sp³-hybridized carbons (Fsp3) is 0.833. The van der Waals surface area contributed by atoms with Gasteiger partial charge in [0.2, 0.25) is 5.91 Å². The van der Waals surface area contributed by atoms with Gasteiger partial charge in [-0.3, -0.25) is 9.59 Å². The quantitative estimate of drug-likeness (QED) is 0.585. The van der Waals surface area contributed by atoms with Crippen LogP contribution >= 0.6 is 0 Å². The average Bonchev–Trinajstić information content (AvgIpc) is 2.15. The summed E-state index contributed by atoms with van der Waals surface area (Å²) in [5.41, 5.74) is 5.80. The fourth-order valence-corrected chi connectivity index (χ4v) is 1.21. The van der Waals surface area contributed by atoms with Crippen molar-refractivity contribution in [2.75, 3.05) is 6.54 Å². The van der Waals surface area contributed by atoms with Gasteiger partial charge in [-0.15, -0.1) is 0 Å². The van der Waals surface area contributed by atoms with Crippen molar-refractivity contribution in [2.45, 2.75) is 52.5 Å². The van der Waals surface area contributed by atoms with E-state index in [0.717, 1.165) is 0 Å². The van der Waals surface area contributed by atoms with E-state index in [-0.39, 0.29) is 23.8 Å². The normalized spacial score (nSPS) is 13.2. The Bertz CT molecular complexity index is 259. The van der Waals surface area contributed by atoms with Crippen molar-refractivity contribution in [3.05, 3.63) is 0 Å². The second-order valence-electron chi connectivity index (χ2n) is 5.38. The Labute approximate surface area is 103 Å². The van der Waals surface area contributed by atoms with Crippen LogP contribution in [0.5, 0.6) is 0 Å². The first kappa shape index (κ1) is 15.9. The van der Waals surface area contributed by atoms with Crippen LogP contribution in [-0.4, -0.2) is 29.6 Å². The van der Waals surface area contributed by atoms with Crippen LogP contribution in [0.2, 0.25) is 0 Å². The van der Waals surface area contributed by atoms with Gasteiger partial charge < -0.3 is 16.2 Å². The molecule has 0 aromatic rings. The highest BCUT2D eigenvalue weighted by Gasteiger charge is 2.22. The Kier molecular flexibility index (Phi) is 6.80. The van der Waals surface area contributed by atoms with Crippen LogP contribution in [-0.2, 0) is 9.59 Å². The lowest BCUT2D eigenvalue weighted by atomic mass is 9.85. The number of nitrogens with one attached hydrogen (secondary N) is 1. The van der Waals surface area contributed by atoms with Gasteiger partial charge in [0.25, 0.3) is 0 Å². The minimum Gasteiger partial charge on any atom is -0.481 e. The van der Waals surface area contributed by atoms with Crippen molar-refractivity contribution < 1.29 is 14.7 Å². The first-order chi connectivity index (χ1) is 7.73. The highest BCUT2D eigenvalue weighted by atomic mass is 16.4. The van der Waals surface area contributed by atoms with E-state index in [4.69, 9.17) is 10.8 Å². The third-order valence-corrected chi connectivity index (χ3v) is 2.66. The van der Waals surface area contributed by atoms with E-state index in [1.807, 2.05) is 20.8 Å². The fourth-order valence-electron chi connectivity index (χ4n) is 1.21. The van der Waals surface area contributed by atoms with E-state index in [1.54, 1.807) is 0 Å². The van der Waals surface area contributed by atoms with E-state index in [2.05, 4.69) is 5.32 Å². The van der Waals surface area contributed by atoms with Gasteiger partial charge in [-0.1, -0.05) is 20.8 Å². The molecule has 0 heterocycles. The third-order valence-electron chi connectivity index (χ3n) is 2.66. The molecule has 0 saturated carbocycles. The number of nitrogens with two attached hydrogens (primary N) is 1. The van der Waals surface area contributed by atoms with Crippen LogP contribution in [0.4, 0.5) is 0 Å². The molecule has 1 unspecified atom stereocenters. The minimum absolute atomic E-state index is 0.0669. The number of carbonyl (C=O) groups is 2. The SMILES string of the molecule is CC(C)(C)C(N)CC(=O)NCCCCC(=O)O. The van der Waals surface area contributed by atoms with E-state index in [0.29, 0.717) is 25.8 Å². The molecule has 0 radical (unpaired) electrons. The largest absolute Gasteiger partial charge is 0.481 e.